The van der Waals surface area contributed by atoms with E-state index in [0.717, 1.165) is 41.4 Å². The van der Waals surface area contributed by atoms with Crippen LogP contribution in [-0.4, -0.2) is 6.04 Å². The summed E-state index contributed by atoms with van der Waals surface area (Å²) in [5, 5.41) is 0. The first-order chi connectivity index (χ1) is 13.2. The zero-order valence-corrected chi connectivity index (χ0v) is 19.5. The van der Waals surface area contributed by atoms with Gasteiger partial charge in [-0.05, 0) is 109 Å². The minimum Gasteiger partial charge on any atom is -0.327 e. The summed E-state index contributed by atoms with van der Waals surface area (Å²) in [7, 11) is 0. The number of hydrogen-bond acceptors (Lipinski definition) is 1. The van der Waals surface area contributed by atoms with Crippen LogP contribution in [0.2, 0.25) is 0 Å². The molecule has 5 aliphatic rings. The summed E-state index contributed by atoms with van der Waals surface area (Å²) in [6.07, 6.45) is 16.2. The molecule has 5 fully saturated rings. The summed E-state index contributed by atoms with van der Waals surface area (Å²) in [6, 6.07) is 0.521. The summed E-state index contributed by atoms with van der Waals surface area (Å²) in [5.41, 5.74) is 8.72. The minimum atomic E-state index is 0.521. The van der Waals surface area contributed by atoms with E-state index in [4.69, 9.17) is 5.73 Å². The highest BCUT2D eigenvalue weighted by Gasteiger charge is 2.73. The maximum Gasteiger partial charge on any atom is 0.0104 e. The van der Waals surface area contributed by atoms with Gasteiger partial charge in [-0.3, -0.25) is 0 Å². The highest BCUT2D eigenvalue weighted by atomic mass is 14.9. The quantitative estimate of drug-likeness (QED) is 0.539. The third-order valence-electron chi connectivity index (χ3n) is 12.0. The minimum absolute atomic E-state index is 0.521. The molecule has 10 atom stereocenters. The Morgan fingerprint density at radius 1 is 0.893 bits per heavy atom. The second kappa shape index (κ2) is 6.48. The van der Waals surface area contributed by atoms with Crippen LogP contribution in [0.4, 0.5) is 0 Å². The van der Waals surface area contributed by atoms with Gasteiger partial charge in [0.2, 0.25) is 0 Å². The molecule has 0 radical (unpaired) electrons. The van der Waals surface area contributed by atoms with Gasteiger partial charge in [0.25, 0.3) is 0 Å². The van der Waals surface area contributed by atoms with E-state index in [1.54, 1.807) is 0 Å². The fourth-order valence-corrected chi connectivity index (χ4v) is 10.3. The zero-order valence-electron chi connectivity index (χ0n) is 19.5. The van der Waals surface area contributed by atoms with Gasteiger partial charge in [0, 0.05) is 6.04 Å². The predicted molar refractivity (Wildman–Crippen MR) is 119 cm³/mol. The molecular weight excluding hydrogens is 338 g/mol. The lowest BCUT2D eigenvalue weighted by molar-refractivity contribution is -0.125. The van der Waals surface area contributed by atoms with Gasteiger partial charge in [0.1, 0.15) is 0 Å². The molecule has 5 aliphatic carbocycles. The van der Waals surface area contributed by atoms with E-state index in [9.17, 15) is 0 Å². The van der Waals surface area contributed by atoms with Gasteiger partial charge in [-0.15, -0.1) is 0 Å². The van der Waals surface area contributed by atoms with E-state index >= 15 is 0 Å². The van der Waals surface area contributed by atoms with E-state index in [1.807, 2.05) is 0 Å². The molecule has 0 heterocycles. The Bertz CT molecular complexity index is 611. The molecule has 1 spiro atoms. The van der Waals surface area contributed by atoms with Gasteiger partial charge < -0.3 is 5.73 Å². The Morgan fingerprint density at radius 3 is 2.36 bits per heavy atom. The first-order valence-corrected chi connectivity index (χ1v) is 13.0. The first-order valence-electron chi connectivity index (χ1n) is 13.0. The standard InChI is InChI=1S/C27H47N/c1-17(2)7-6-8-18(3)21-12-14-26(5)23-15-24(28)27-16-19(27)9-10-22(27)20(23)11-13-25(21,26)4/h17-24H,6-16,28H2,1-5H3. The normalized spacial score (nSPS) is 55.4. The van der Waals surface area contributed by atoms with Gasteiger partial charge in [-0.2, -0.15) is 0 Å². The third kappa shape index (κ3) is 2.47. The molecule has 5 rings (SSSR count). The average Bonchev–Trinajstić information content (AvgIpc) is 3.12. The summed E-state index contributed by atoms with van der Waals surface area (Å²) in [6.45, 7) is 12.8. The van der Waals surface area contributed by atoms with Crippen LogP contribution >= 0.6 is 0 Å². The molecule has 1 heteroatoms. The van der Waals surface area contributed by atoms with E-state index in [2.05, 4.69) is 34.6 Å². The van der Waals surface area contributed by atoms with Crippen molar-refractivity contribution < 1.29 is 0 Å². The lowest BCUT2D eigenvalue weighted by Gasteiger charge is -2.62. The van der Waals surface area contributed by atoms with Crippen molar-refractivity contribution in [2.24, 2.45) is 63.4 Å². The number of nitrogens with two attached hydrogens (primary N) is 1. The van der Waals surface area contributed by atoms with Gasteiger partial charge in [0.15, 0.2) is 0 Å². The molecule has 28 heavy (non-hydrogen) atoms. The smallest absolute Gasteiger partial charge is 0.0104 e. The molecule has 2 N–H and O–H groups in total. The van der Waals surface area contributed by atoms with Gasteiger partial charge in [0.05, 0.1) is 0 Å². The average molecular weight is 386 g/mol. The molecule has 0 aliphatic heterocycles. The van der Waals surface area contributed by atoms with Crippen molar-refractivity contribution >= 4 is 0 Å². The largest absolute Gasteiger partial charge is 0.327 e. The van der Waals surface area contributed by atoms with Crippen LogP contribution in [-0.2, 0) is 0 Å². The SMILES string of the molecule is CC(C)CCCC(C)C1CCC2(C)C3CC(N)C45CC4CCC5C3CCC12C. The van der Waals surface area contributed by atoms with Crippen LogP contribution in [0.5, 0.6) is 0 Å². The van der Waals surface area contributed by atoms with Crippen molar-refractivity contribution in [3.63, 3.8) is 0 Å². The lowest BCUT2D eigenvalue weighted by Crippen LogP contribution is -2.58. The van der Waals surface area contributed by atoms with E-state index in [1.165, 1.54) is 70.6 Å². The second-order valence-corrected chi connectivity index (χ2v) is 13.1. The molecule has 0 bridgehead atoms. The van der Waals surface area contributed by atoms with E-state index in [0.29, 0.717) is 22.3 Å². The molecule has 0 aromatic rings. The zero-order chi connectivity index (χ0) is 19.9. The molecule has 0 saturated heterocycles. The first kappa shape index (κ1) is 19.9. The van der Waals surface area contributed by atoms with Crippen LogP contribution in [0, 0.1) is 57.7 Å². The highest BCUT2D eigenvalue weighted by molar-refractivity contribution is 5.23. The van der Waals surface area contributed by atoms with Gasteiger partial charge in [-0.1, -0.05) is 53.9 Å². The summed E-state index contributed by atoms with van der Waals surface area (Å²) in [4.78, 5) is 0. The van der Waals surface area contributed by atoms with Crippen molar-refractivity contribution in [1.82, 2.24) is 0 Å². The maximum absolute atomic E-state index is 6.98. The Kier molecular flexibility index (Phi) is 4.60. The van der Waals surface area contributed by atoms with Gasteiger partial charge >= 0.3 is 0 Å². The fourth-order valence-electron chi connectivity index (χ4n) is 10.3. The Balaban J connectivity index is 1.36. The molecule has 0 aromatic carbocycles. The Morgan fingerprint density at radius 2 is 1.64 bits per heavy atom. The molecule has 0 amide bonds. The summed E-state index contributed by atoms with van der Waals surface area (Å²) in [5.74, 6) is 6.67. The Hall–Kier alpha value is -0.0400. The molecule has 0 aromatic heterocycles. The molecule has 1 nitrogen and oxygen atoms in total. The third-order valence-corrected chi connectivity index (χ3v) is 12.0. The van der Waals surface area contributed by atoms with Crippen molar-refractivity contribution in [3.8, 4) is 0 Å². The van der Waals surface area contributed by atoms with E-state index < -0.39 is 0 Å². The van der Waals surface area contributed by atoms with Gasteiger partial charge in [-0.25, -0.2) is 0 Å². The molecule has 160 valence electrons. The number of hydrogen-bond donors (Lipinski definition) is 1. The van der Waals surface area contributed by atoms with Crippen molar-refractivity contribution in [2.45, 2.75) is 111 Å². The van der Waals surface area contributed by atoms with Crippen molar-refractivity contribution in [3.05, 3.63) is 0 Å². The molecule has 5 saturated carbocycles. The second-order valence-electron chi connectivity index (χ2n) is 13.1. The topological polar surface area (TPSA) is 26.0 Å². The lowest BCUT2D eigenvalue weighted by atomic mass is 9.43. The monoisotopic (exact) mass is 385 g/mol. The van der Waals surface area contributed by atoms with Crippen LogP contribution in [0.15, 0.2) is 0 Å². The van der Waals surface area contributed by atoms with E-state index in [-0.39, 0.29) is 0 Å². The molecule has 10 unspecified atom stereocenters. The van der Waals surface area contributed by atoms with Crippen LogP contribution in [0.3, 0.4) is 0 Å². The maximum atomic E-state index is 6.98. The van der Waals surface area contributed by atoms with Crippen molar-refractivity contribution in [2.75, 3.05) is 0 Å². The number of rotatable bonds is 5. The van der Waals surface area contributed by atoms with Crippen LogP contribution in [0.1, 0.15) is 105 Å². The van der Waals surface area contributed by atoms with Crippen LogP contribution < -0.4 is 5.73 Å². The predicted octanol–water partition coefficient (Wildman–Crippen LogP) is 7.04. The van der Waals surface area contributed by atoms with Crippen LogP contribution in [0.25, 0.3) is 0 Å². The number of fused-ring (bicyclic) bond motifs is 4. The fraction of sp³-hybridized carbons (Fsp3) is 1.00. The Labute approximate surface area is 175 Å². The molecular formula is C27H47N. The highest BCUT2D eigenvalue weighted by Crippen LogP contribution is 2.78. The summed E-state index contributed by atoms with van der Waals surface area (Å²) < 4.78 is 0. The summed E-state index contributed by atoms with van der Waals surface area (Å²) >= 11 is 0. The van der Waals surface area contributed by atoms with Crippen molar-refractivity contribution in [1.29, 1.82) is 0 Å².